The van der Waals surface area contributed by atoms with Crippen LogP contribution in [-0.2, 0) is 10.8 Å². The molecule has 108 valence electrons. The van der Waals surface area contributed by atoms with Gasteiger partial charge in [-0.15, -0.1) is 0 Å². The third kappa shape index (κ3) is 4.66. The van der Waals surface area contributed by atoms with Gasteiger partial charge in [-0.05, 0) is 24.1 Å². The zero-order valence-electron chi connectivity index (χ0n) is 11.8. The molecule has 5 heteroatoms. The van der Waals surface area contributed by atoms with Crippen LogP contribution in [0.1, 0.15) is 27.7 Å². The van der Waals surface area contributed by atoms with Crippen molar-refractivity contribution in [2.75, 3.05) is 12.3 Å². The second-order valence-electron chi connectivity index (χ2n) is 5.56. The van der Waals surface area contributed by atoms with Gasteiger partial charge in [-0.2, -0.15) is 0 Å². The summed E-state index contributed by atoms with van der Waals surface area (Å²) in [4.78, 5) is 0.0635. The minimum Gasteiger partial charge on any atom is -0.313 e. The Kier molecular flexibility index (Phi) is 5.62. The predicted octanol–water partition coefficient (Wildman–Crippen LogP) is 3.10. The van der Waals surface area contributed by atoms with Crippen LogP contribution in [0.25, 0.3) is 0 Å². The molecule has 0 fully saturated rings. The van der Waals surface area contributed by atoms with Crippen molar-refractivity contribution >= 4 is 10.8 Å². The quantitative estimate of drug-likeness (QED) is 0.902. The fourth-order valence-electron chi connectivity index (χ4n) is 1.76. The molecule has 0 aliphatic heterocycles. The first-order chi connectivity index (χ1) is 8.75. The van der Waals surface area contributed by atoms with Gasteiger partial charge in [0.2, 0.25) is 0 Å². The summed E-state index contributed by atoms with van der Waals surface area (Å²) in [7, 11) is -1.49. The Morgan fingerprint density at radius 3 is 2.42 bits per heavy atom. The Bertz CT molecular complexity index is 457. The molecular formula is C14H21F2NOS. The van der Waals surface area contributed by atoms with Crippen LogP contribution >= 0.6 is 0 Å². The molecule has 0 bridgehead atoms. The summed E-state index contributed by atoms with van der Waals surface area (Å²) in [6, 6.07) is 3.16. The molecule has 1 N–H and O–H groups in total. The van der Waals surface area contributed by atoms with Gasteiger partial charge in [-0.3, -0.25) is 4.21 Å². The van der Waals surface area contributed by atoms with E-state index in [1.807, 2.05) is 27.7 Å². The number of nitrogens with one attached hydrogen (secondary N) is 1. The average molecular weight is 289 g/mol. The molecule has 1 aromatic rings. The molecule has 0 aliphatic rings. The molecular weight excluding hydrogens is 268 g/mol. The van der Waals surface area contributed by atoms with Crippen molar-refractivity contribution < 1.29 is 13.0 Å². The number of hydrogen-bond donors (Lipinski definition) is 1. The fraction of sp³-hybridized carbons (Fsp3) is 0.571. The summed E-state index contributed by atoms with van der Waals surface area (Å²) < 4.78 is 38.6. The topological polar surface area (TPSA) is 29.1 Å². The Morgan fingerprint density at radius 1 is 1.32 bits per heavy atom. The maximum absolute atomic E-state index is 13.6. The lowest BCUT2D eigenvalue weighted by Crippen LogP contribution is -2.44. The lowest BCUT2D eigenvalue weighted by atomic mass is 9.88. The molecule has 2 nitrogen and oxygen atoms in total. The highest BCUT2D eigenvalue weighted by Crippen LogP contribution is 2.22. The molecule has 2 unspecified atom stereocenters. The van der Waals surface area contributed by atoms with Crippen molar-refractivity contribution in [2.45, 2.75) is 38.6 Å². The van der Waals surface area contributed by atoms with E-state index in [2.05, 4.69) is 5.32 Å². The largest absolute Gasteiger partial charge is 0.313 e. The van der Waals surface area contributed by atoms with Crippen LogP contribution in [0.5, 0.6) is 0 Å². The highest BCUT2D eigenvalue weighted by Gasteiger charge is 2.26. The molecule has 19 heavy (non-hydrogen) atoms. The molecule has 1 rings (SSSR count). The second-order valence-corrected chi connectivity index (χ2v) is 7.03. The first-order valence-corrected chi connectivity index (χ1v) is 7.64. The van der Waals surface area contributed by atoms with Gasteiger partial charge in [-0.1, -0.05) is 27.7 Å². The Morgan fingerprint density at radius 2 is 1.95 bits per heavy atom. The molecule has 0 radical (unpaired) electrons. The Labute approximate surface area is 116 Å². The number of benzene rings is 1. The van der Waals surface area contributed by atoms with Gasteiger partial charge < -0.3 is 5.32 Å². The molecule has 2 atom stereocenters. The predicted molar refractivity (Wildman–Crippen MR) is 74.6 cm³/mol. The summed E-state index contributed by atoms with van der Waals surface area (Å²) in [6.45, 7) is 8.85. The minimum atomic E-state index is -1.49. The fourth-order valence-corrected chi connectivity index (χ4v) is 3.36. The van der Waals surface area contributed by atoms with Crippen LogP contribution in [0.3, 0.4) is 0 Å². The van der Waals surface area contributed by atoms with Crippen molar-refractivity contribution in [3.8, 4) is 0 Å². The van der Waals surface area contributed by atoms with E-state index in [1.165, 1.54) is 6.07 Å². The van der Waals surface area contributed by atoms with E-state index in [0.29, 0.717) is 5.75 Å². The molecule has 1 aromatic carbocycles. The van der Waals surface area contributed by atoms with E-state index in [-0.39, 0.29) is 16.4 Å². The lowest BCUT2D eigenvalue weighted by Gasteiger charge is -2.31. The van der Waals surface area contributed by atoms with Crippen LogP contribution < -0.4 is 5.32 Å². The molecule has 0 saturated heterocycles. The van der Waals surface area contributed by atoms with Crippen LogP contribution in [0, 0.1) is 17.0 Å². The van der Waals surface area contributed by atoms with Crippen LogP contribution in [0.2, 0.25) is 0 Å². The molecule has 0 saturated carbocycles. The highest BCUT2D eigenvalue weighted by atomic mass is 32.2. The van der Waals surface area contributed by atoms with E-state index >= 15 is 0 Å². The van der Waals surface area contributed by atoms with Gasteiger partial charge in [-0.25, -0.2) is 8.78 Å². The van der Waals surface area contributed by atoms with Gasteiger partial charge in [0.25, 0.3) is 0 Å². The summed E-state index contributed by atoms with van der Waals surface area (Å²) >= 11 is 0. The van der Waals surface area contributed by atoms with Gasteiger partial charge in [0, 0.05) is 17.9 Å². The molecule has 0 aromatic heterocycles. The van der Waals surface area contributed by atoms with E-state index in [1.54, 1.807) is 0 Å². The van der Waals surface area contributed by atoms with E-state index < -0.39 is 22.4 Å². The first kappa shape index (κ1) is 16.2. The van der Waals surface area contributed by atoms with Gasteiger partial charge in [0.15, 0.2) is 0 Å². The third-order valence-electron chi connectivity index (χ3n) is 2.95. The zero-order chi connectivity index (χ0) is 14.6. The third-order valence-corrected chi connectivity index (χ3v) is 4.41. The van der Waals surface area contributed by atoms with Crippen molar-refractivity contribution in [1.29, 1.82) is 0 Å². The van der Waals surface area contributed by atoms with E-state index in [4.69, 9.17) is 0 Å². The lowest BCUT2D eigenvalue weighted by molar-refractivity contribution is 0.294. The van der Waals surface area contributed by atoms with Crippen molar-refractivity contribution in [1.82, 2.24) is 5.32 Å². The summed E-state index contributed by atoms with van der Waals surface area (Å²) in [5, 5.41) is 3.26. The summed E-state index contributed by atoms with van der Waals surface area (Å²) in [5.41, 5.74) is -0.0812. The number of halogens is 2. The standard InChI is InChI=1S/C14H21F2NOS/c1-5-17-13(14(2,3)4)9-19(18)12-7-6-10(15)8-11(12)16/h6-8,13,17H,5,9H2,1-4H3. The van der Waals surface area contributed by atoms with Crippen molar-refractivity contribution in [2.24, 2.45) is 5.41 Å². The Hall–Kier alpha value is -0.810. The molecule has 0 amide bonds. The maximum Gasteiger partial charge on any atom is 0.142 e. The first-order valence-electron chi connectivity index (χ1n) is 6.32. The van der Waals surface area contributed by atoms with Gasteiger partial charge in [0.05, 0.1) is 15.7 Å². The summed E-state index contributed by atoms with van der Waals surface area (Å²) in [6.07, 6.45) is 0. The Balaban J connectivity index is 2.88. The maximum atomic E-state index is 13.6. The zero-order valence-corrected chi connectivity index (χ0v) is 12.6. The van der Waals surface area contributed by atoms with E-state index in [9.17, 15) is 13.0 Å². The van der Waals surface area contributed by atoms with Crippen LogP contribution in [0.15, 0.2) is 23.1 Å². The molecule has 0 aliphatic carbocycles. The second kappa shape index (κ2) is 6.57. The van der Waals surface area contributed by atoms with Gasteiger partial charge in [0.1, 0.15) is 11.6 Å². The molecule has 0 spiro atoms. The normalized spacial score (nSPS) is 15.3. The summed E-state index contributed by atoms with van der Waals surface area (Å²) in [5.74, 6) is -1.10. The van der Waals surface area contributed by atoms with Crippen molar-refractivity contribution in [3.63, 3.8) is 0 Å². The van der Waals surface area contributed by atoms with Crippen LogP contribution in [-0.4, -0.2) is 22.5 Å². The number of hydrogen-bond acceptors (Lipinski definition) is 2. The monoisotopic (exact) mass is 289 g/mol. The van der Waals surface area contributed by atoms with E-state index in [0.717, 1.165) is 18.7 Å². The molecule has 0 heterocycles. The minimum absolute atomic E-state index is 0.00258. The van der Waals surface area contributed by atoms with Crippen LogP contribution in [0.4, 0.5) is 8.78 Å². The smallest absolute Gasteiger partial charge is 0.142 e. The highest BCUT2D eigenvalue weighted by molar-refractivity contribution is 7.85. The average Bonchev–Trinajstić information content (AvgIpc) is 2.26. The van der Waals surface area contributed by atoms with Gasteiger partial charge >= 0.3 is 0 Å². The number of rotatable bonds is 5. The SMILES string of the molecule is CCNC(CS(=O)c1ccc(F)cc1F)C(C)(C)C. The van der Waals surface area contributed by atoms with Crippen molar-refractivity contribution in [3.05, 3.63) is 29.8 Å².